The number of hydrogen-bond acceptors (Lipinski definition) is 2. The molecule has 0 saturated carbocycles. The molecule has 1 rings (SSSR count). The van der Waals surface area contributed by atoms with Crippen molar-refractivity contribution in [2.24, 2.45) is 0 Å². The van der Waals surface area contributed by atoms with Crippen LogP contribution in [0, 0.1) is 0 Å². The van der Waals surface area contributed by atoms with Crippen molar-refractivity contribution in [3.8, 4) is 0 Å². The first-order valence-corrected chi connectivity index (χ1v) is 4.14. The largest absolute Gasteiger partial charge is 0.423 e. The van der Waals surface area contributed by atoms with Gasteiger partial charge in [0.15, 0.2) is 0 Å². The molecule has 0 radical (unpaired) electrons. The van der Waals surface area contributed by atoms with Gasteiger partial charge in [-0.2, -0.15) is 26.3 Å². The highest BCUT2D eigenvalue weighted by Crippen LogP contribution is 2.37. The highest BCUT2D eigenvalue weighted by atomic mass is 35.5. The van der Waals surface area contributed by atoms with Crippen LogP contribution in [-0.2, 0) is 4.74 Å². The van der Waals surface area contributed by atoms with E-state index in [-0.39, 0.29) is 13.1 Å². The van der Waals surface area contributed by atoms with Crippen LogP contribution in [0.1, 0.15) is 0 Å². The van der Waals surface area contributed by atoms with E-state index < -0.39 is 24.6 Å². The van der Waals surface area contributed by atoms with Gasteiger partial charge in [0.1, 0.15) is 0 Å². The molecule has 0 aromatic carbocycles. The Hall–Kier alpha value is -0.210. The molecule has 0 aromatic rings. The first-order chi connectivity index (χ1) is 6.60. The first kappa shape index (κ1) is 12.9. The lowest BCUT2D eigenvalue weighted by Crippen LogP contribution is -2.54. The van der Waals surface area contributed by atoms with Crippen molar-refractivity contribution in [3.05, 3.63) is 0 Å². The van der Waals surface area contributed by atoms with Crippen molar-refractivity contribution >= 4 is 11.8 Å². The van der Waals surface area contributed by atoms with E-state index in [9.17, 15) is 26.3 Å². The Morgan fingerprint density at radius 1 is 1.07 bits per heavy atom. The summed E-state index contributed by atoms with van der Waals surface area (Å²) in [5, 5.41) is 0. The maximum absolute atomic E-state index is 11.9. The molecule has 0 unspecified atom stereocenters. The van der Waals surface area contributed by atoms with Crippen molar-refractivity contribution in [3.63, 3.8) is 0 Å². The molecule has 2 nitrogen and oxygen atoms in total. The Bertz CT molecular complexity index is 209. The molecule has 0 bridgehead atoms. The van der Waals surface area contributed by atoms with E-state index in [0.29, 0.717) is 0 Å². The average molecular weight is 258 g/mol. The lowest BCUT2D eigenvalue weighted by atomic mass is 10.2. The van der Waals surface area contributed by atoms with E-state index in [1.807, 2.05) is 0 Å². The second-order valence-electron chi connectivity index (χ2n) is 3.05. The summed E-state index contributed by atoms with van der Waals surface area (Å²) in [7, 11) is 0. The molecule has 1 aliphatic heterocycles. The van der Waals surface area contributed by atoms with Crippen molar-refractivity contribution in [2.75, 3.05) is 13.1 Å². The number of ether oxygens (including phenoxy) is 1. The van der Waals surface area contributed by atoms with Crippen LogP contribution < -0.4 is 0 Å². The molecule has 1 fully saturated rings. The van der Waals surface area contributed by atoms with Gasteiger partial charge in [-0.15, -0.1) is 0 Å². The maximum atomic E-state index is 11.9. The van der Waals surface area contributed by atoms with Gasteiger partial charge in [0, 0.05) is 13.1 Å². The van der Waals surface area contributed by atoms with Gasteiger partial charge in [-0.1, -0.05) is 0 Å². The summed E-state index contributed by atoms with van der Waals surface area (Å²) in [6.07, 6.45) is -15.8. The smallest absolute Gasteiger partial charge is 0.355 e. The summed E-state index contributed by atoms with van der Waals surface area (Å²) >= 11 is 5.25. The molecule has 9 heteroatoms. The molecule has 1 heterocycles. The van der Waals surface area contributed by atoms with Crippen LogP contribution >= 0.6 is 11.8 Å². The SMILES string of the molecule is FC(F)(F)C(OC1CN(Cl)C1)C(F)(F)F. The van der Waals surface area contributed by atoms with Crippen molar-refractivity contribution in [1.82, 2.24) is 4.42 Å². The average Bonchev–Trinajstić information content (AvgIpc) is 1.90. The van der Waals surface area contributed by atoms with Crippen molar-refractivity contribution in [1.29, 1.82) is 0 Å². The fourth-order valence-corrected chi connectivity index (χ4v) is 1.31. The van der Waals surface area contributed by atoms with Crippen molar-refractivity contribution < 1.29 is 31.1 Å². The molecule has 0 aromatic heterocycles. The zero-order chi connectivity index (χ0) is 11.9. The second kappa shape index (κ2) is 3.99. The van der Waals surface area contributed by atoms with Gasteiger partial charge in [-0.3, -0.25) is 0 Å². The summed E-state index contributed by atoms with van der Waals surface area (Å²) in [5.41, 5.74) is 0. The maximum Gasteiger partial charge on any atom is 0.423 e. The number of hydrogen-bond donors (Lipinski definition) is 0. The van der Waals surface area contributed by atoms with E-state index >= 15 is 0 Å². The standard InChI is InChI=1S/C6H6ClF6NO/c7-14-1-3(2-14)15-4(5(8,9)10)6(11,12)13/h3-4H,1-2H2. The van der Waals surface area contributed by atoms with Crippen molar-refractivity contribution in [2.45, 2.75) is 24.6 Å². The summed E-state index contributed by atoms with van der Waals surface area (Å²) in [6, 6.07) is 0. The van der Waals surface area contributed by atoms with Crippen LogP contribution in [0.5, 0.6) is 0 Å². The lowest BCUT2D eigenvalue weighted by Gasteiger charge is -2.36. The molecule has 0 atom stereocenters. The first-order valence-electron chi connectivity index (χ1n) is 3.80. The quantitative estimate of drug-likeness (QED) is 0.556. The van der Waals surface area contributed by atoms with Gasteiger partial charge in [0.05, 0.1) is 6.10 Å². The molecule has 1 saturated heterocycles. The Morgan fingerprint density at radius 3 is 1.73 bits per heavy atom. The molecule has 0 aliphatic carbocycles. The topological polar surface area (TPSA) is 12.5 Å². The monoisotopic (exact) mass is 257 g/mol. The molecule has 90 valence electrons. The van der Waals surface area contributed by atoms with Gasteiger partial charge < -0.3 is 4.74 Å². The Labute approximate surface area is 85.8 Å². The number of halogens is 7. The Kier molecular flexibility index (Phi) is 3.42. The minimum atomic E-state index is -5.45. The lowest BCUT2D eigenvalue weighted by molar-refractivity contribution is -0.335. The minimum absolute atomic E-state index is 0.149. The summed E-state index contributed by atoms with van der Waals surface area (Å²) in [6.45, 7) is -0.297. The van der Waals surface area contributed by atoms with Gasteiger partial charge in [0.25, 0.3) is 0 Å². The van der Waals surface area contributed by atoms with Crippen LogP contribution in [0.2, 0.25) is 0 Å². The fourth-order valence-electron chi connectivity index (χ4n) is 1.01. The second-order valence-corrected chi connectivity index (χ2v) is 3.53. The van der Waals surface area contributed by atoms with Gasteiger partial charge in [0.2, 0.25) is 6.10 Å². The highest BCUT2D eigenvalue weighted by molar-refractivity contribution is 6.13. The van der Waals surface area contributed by atoms with E-state index in [2.05, 4.69) is 4.74 Å². The molecule has 1 aliphatic rings. The molecule has 0 amide bonds. The Balaban J connectivity index is 2.59. The Morgan fingerprint density at radius 2 is 1.47 bits per heavy atom. The molecule has 0 N–H and O–H groups in total. The minimum Gasteiger partial charge on any atom is -0.355 e. The van der Waals surface area contributed by atoms with Crippen LogP contribution in [0.15, 0.2) is 0 Å². The zero-order valence-electron chi connectivity index (χ0n) is 7.07. The number of rotatable bonds is 2. The fraction of sp³-hybridized carbons (Fsp3) is 1.00. The van der Waals surface area contributed by atoms with Crippen LogP contribution in [0.3, 0.4) is 0 Å². The van der Waals surface area contributed by atoms with Gasteiger partial charge in [-0.25, -0.2) is 4.42 Å². The van der Waals surface area contributed by atoms with Crippen LogP contribution in [0.25, 0.3) is 0 Å². The third kappa shape index (κ3) is 3.39. The highest BCUT2D eigenvalue weighted by Gasteiger charge is 2.59. The number of alkyl halides is 6. The van der Waals surface area contributed by atoms with E-state index in [1.54, 1.807) is 0 Å². The van der Waals surface area contributed by atoms with E-state index in [0.717, 1.165) is 4.42 Å². The molecular weight excluding hydrogens is 252 g/mol. The zero-order valence-corrected chi connectivity index (χ0v) is 7.83. The third-order valence-electron chi connectivity index (χ3n) is 1.73. The number of nitrogens with zero attached hydrogens (tertiary/aromatic N) is 1. The van der Waals surface area contributed by atoms with Crippen LogP contribution in [0.4, 0.5) is 26.3 Å². The van der Waals surface area contributed by atoms with Crippen LogP contribution in [-0.4, -0.2) is 42.1 Å². The summed E-state index contributed by atoms with van der Waals surface area (Å²) in [5.74, 6) is 0. The third-order valence-corrected chi connectivity index (χ3v) is 2.00. The predicted octanol–water partition coefficient (Wildman–Crippen LogP) is 2.33. The van der Waals surface area contributed by atoms with Gasteiger partial charge >= 0.3 is 12.4 Å². The molecule has 0 spiro atoms. The van der Waals surface area contributed by atoms with E-state index in [4.69, 9.17) is 11.8 Å². The predicted molar refractivity (Wildman–Crippen MR) is 38.2 cm³/mol. The normalized spacial score (nSPS) is 20.8. The summed E-state index contributed by atoms with van der Waals surface area (Å²) in [4.78, 5) is 0. The summed E-state index contributed by atoms with van der Waals surface area (Å²) < 4.78 is 76.6. The molecule has 15 heavy (non-hydrogen) atoms. The van der Waals surface area contributed by atoms with E-state index in [1.165, 1.54) is 0 Å². The van der Waals surface area contributed by atoms with Gasteiger partial charge in [-0.05, 0) is 11.8 Å². The molecular formula is C6H6ClF6NO.